The second-order valence-corrected chi connectivity index (χ2v) is 7.20. The van der Waals surface area contributed by atoms with Crippen LogP contribution in [0.1, 0.15) is 30.5 Å². The molecule has 2 nitrogen and oxygen atoms in total. The van der Waals surface area contributed by atoms with Crippen LogP contribution in [0.4, 0.5) is 0 Å². The van der Waals surface area contributed by atoms with E-state index in [9.17, 15) is 0 Å². The van der Waals surface area contributed by atoms with Gasteiger partial charge in [-0.3, -0.25) is 4.98 Å². The Kier molecular flexibility index (Phi) is 4.81. The van der Waals surface area contributed by atoms with Crippen LogP contribution in [0.15, 0.2) is 29.2 Å². The minimum Gasteiger partial charge on any atom is -0.309 e. The molecule has 1 aliphatic rings. The van der Waals surface area contributed by atoms with Gasteiger partial charge in [0.15, 0.2) is 0 Å². The van der Waals surface area contributed by atoms with Gasteiger partial charge in [0.2, 0.25) is 0 Å². The summed E-state index contributed by atoms with van der Waals surface area (Å²) in [6.45, 7) is 1.16. The Bertz CT molecular complexity index is 622. The highest BCUT2D eigenvalue weighted by Crippen LogP contribution is 2.36. The molecule has 1 aliphatic carbocycles. The monoisotopic (exact) mass is 300 g/mol. The van der Waals surface area contributed by atoms with E-state index in [1.165, 1.54) is 58.5 Å². The zero-order valence-electron chi connectivity index (χ0n) is 13.1. The second-order valence-electron chi connectivity index (χ2n) is 6.10. The highest BCUT2D eigenvalue weighted by Gasteiger charge is 2.18. The summed E-state index contributed by atoms with van der Waals surface area (Å²) < 4.78 is 0. The average Bonchev–Trinajstić information content (AvgIpc) is 2.50. The van der Waals surface area contributed by atoms with Crippen LogP contribution >= 0.6 is 11.8 Å². The molecule has 0 aliphatic heterocycles. The van der Waals surface area contributed by atoms with E-state index < -0.39 is 0 Å². The molecule has 1 aromatic heterocycles. The largest absolute Gasteiger partial charge is 0.309 e. The summed E-state index contributed by atoms with van der Waals surface area (Å²) in [7, 11) is 4.29. The molecular weight excluding hydrogens is 276 g/mol. The lowest BCUT2D eigenvalue weighted by Gasteiger charge is -2.20. The lowest BCUT2D eigenvalue weighted by atomic mass is 9.94. The van der Waals surface area contributed by atoms with Gasteiger partial charge in [-0.15, -0.1) is 11.8 Å². The summed E-state index contributed by atoms with van der Waals surface area (Å²) in [4.78, 5) is 8.68. The normalized spacial score (nSPS) is 14.6. The third-order valence-electron chi connectivity index (χ3n) is 4.11. The Morgan fingerprint density at radius 1 is 1.14 bits per heavy atom. The predicted octanol–water partition coefficient (Wildman–Crippen LogP) is 4.16. The molecule has 0 spiro atoms. The number of para-hydroxylation sites is 1. The van der Waals surface area contributed by atoms with Crippen molar-refractivity contribution in [1.29, 1.82) is 0 Å². The van der Waals surface area contributed by atoms with Gasteiger partial charge >= 0.3 is 0 Å². The fraction of sp³-hybridized carbons (Fsp3) is 0.500. The molecule has 0 amide bonds. The molecule has 0 N–H and O–H groups in total. The molecule has 0 radical (unpaired) electrons. The van der Waals surface area contributed by atoms with Crippen molar-refractivity contribution in [3.05, 3.63) is 35.5 Å². The molecule has 0 saturated carbocycles. The van der Waals surface area contributed by atoms with Crippen molar-refractivity contribution in [1.82, 2.24) is 9.88 Å². The molecular formula is C18H24N2S. The fourth-order valence-electron chi connectivity index (χ4n) is 3.05. The molecule has 2 aromatic rings. The highest BCUT2D eigenvalue weighted by atomic mass is 32.2. The van der Waals surface area contributed by atoms with Gasteiger partial charge < -0.3 is 4.90 Å². The Hall–Kier alpha value is -1.06. The van der Waals surface area contributed by atoms with Crippen molar-refractivity contribution in [2.24, 2.45) is 0 Å². The summed E-state index contributed by atoms with van der Waals surface area (Å²) in [5, 5.41) is 1.35. The maximum atomic E-state index is 4.91. The molecule has 112 valence electrons. The van der Waals surface area contributed by atoms with Gasteiger partial charge in [0.25, 0.3) is 0 Å². The first-order valence-corrected chi connectivity index (χ1v) is 8.92. The lowest BCUT2D eigenvalue weighted by Crippen LogP contribution is -2.13. The zero-order chi connectivity index (χ0) is 14.7. The Morgan fingerprint density at radius 3 is 2.81 bits per heavy atom. The van der Waals surface area contributed by atoms with E-state index in [-0.39, 0.29) is 0 Å². The average molecular weight is 300 g/mol. The third kappa shape index (κ3) is 3.41. The minimum atomic E-state index is 1.16. The first kappa shape index (κ1) is 14.9. The number of hydrogen-bond acceptors (Lipinski definition) is 3. The van der Waals surface area contributed by atoms with E-state index >= 15 is 0 Å². The second kappa shape index (κ2) is 6.80. The maximum Gasteiger partial charge on any atom is 0.0716 e. The molecule has 0 bridgehead atoms. The number of pyridine rings is 1. The van der Waals surface area contributed by atoms with E-state index in [0.29, 0.717) is 0 Å². The van der Waals surface area contributed by atoms with Crippen molar-refractivity contribution < 1.29 is 0 Å². The van der Waals surface area contributed by atoms with Crippen LogP contribution in [-0.4, -0.2) is 36.3 Å². The van der Waals surface area contributed by atoms with Crippen LogP contribution in [0.3, 0.4) is 0 Å². The van der Waals surface area contributed by atoms with Gasteiger partial charge in [-0.1, -0.05) is 18.2 Å². The molecule has 1 heterocycles. The van der Waals surface area contributed by atoms with Crippen molar-refractivity contribution in [3.8, 4) is 0 Å². The van der Waals surface area contributed by atoms with E-state index in [4.69, 9.17) is 4.98 Å². The van der Waals surface area contributed by atoms with Crippen LogP contribution in [0.25, 0.3) is 10.9 Å². The van der Waals surface area contributed by atoms with Gasteiger partial charge in [0, 0.05) is 16.0 Å². The number of aryl methyl sites for hydroxylation is 1. The molecule has 3 rings (SSSR count). The van der Waals surface area contributed by atoms with Gasteiger partial charge in [-0.25, -0.2) is 0 Å². The van der Waals surface area contributed by atoms with E-state index in [0.717, 1.165) is 13.0 Å². The summed E-state index contributed by atoms with van der Waals surface area (Å²) in [5.41, 5.74) is 4.07. The standard InChI is InChI=1S/C18H24N2S/c1-20(2)12-7-13-21-18-14-8-3-5-10-16(14)19-17-11-6-4-9-15(17)18/h3,5,8,10H,4,6-7,9,11-13H2,1-2H3. The molecule has 0 saturated heterocycles. The van der Waals surface area contributed by atoms with Gasteiger partial charge in [-0.2, -0.15) is 0 Å². The number of benzene rings is 1. The predicted molar refractivity (Wildman–Crippen MR) is 92.3 cm³/mol. The number of nitrogens with zero attached hydrogens (tertiary/aromatic N) is 2. The smallest absolute Gasteiger partial charge is 0.0716 e. The minimum absolute atomic E-state index is 1.16. The molecule has 1 aromatic carbocycles. The zero-order valence-corrected chi connectivity index (χ0v) is 13.9. The van der Waals surface area contributed by atoms with Crippen molar-refractivity contribution in [2.45, 2.75) is 37.0 Å². The maximum absolute atomic E-state index is 4.91. The van der Waals surface area contributed by atoms with Crippen molar-refractivity contribution in [2.75, 3.05) is 26.4 Å². The topological polar surface area (TPSA) is 16.1 Å². The van der Waals surface area contributed by atoms with E-state index in [1.807, 2.05) is 11.8 Å². The van der Waals surface area contributed by atoms with Crippen LogP contribution in [0.2, 0.25) is 0 Å². The number of thioether (sulfide) groups is 1. The van der Waals surface area contributed by atoms with Crippen molar-refractivity contribution >= 4 is 22.7 Å². The highest BCUT2D eigenvalue weighted by molar-refractivity contribution is 7.99. The summed E-state index contributed by atoms with van der Waals surface area (Å²) in [5.74, 6) is 1.19. The third-order valence-corrected chi connectivity index (χ3v) is 5.36. The van der Waals surface area contributed by atoms with Crippen LogP contribution in [0.5, 0.6) is 0 Å². The van der Waals surface area contributed by atoms with Gasteiger partial charge in [0.1, 0.15) is 0 Å². The summed E-state index contributed by atoms with van der Waals surface area (Å²) in [6, 6.07) is 8.65. The molecule has 3 heteroatoms. The first-order valence-electron chi connectivity index (χ1n) is 7.94. The number of fused-ring (bicyclic) bond motifs is 2. The summed E-state index contributed by atoms with van der Waals surface area (Å²) in [6.07, 6.45) is 6.22. The van der Waals surface area contributed by atoms with E-state index in [2.05, 4.69) is 43.3 Å². The number of aromatic nitrogens is 1. The molecule has 0 unspecified atom stereocenters. The first-order chi connectivity index (χ1) is 10.3. The Morgan fingerprint density at radius 2 is 1.95 bits per heavy atom. The van der Waals surface area contributed by atoms with Crippen LogP contribution < -0.4 is 0 Å². The van der Waals surface area contributed by atoms with Gasteiger partial charge in [-0.05, 0) is 70.1 Å². The fourth-order valence-corrected chi connectivity index (χ4v) is 4.25. The number of rotatable bonds is 5. The van der Waals surface area contributed by atoms with Crippen molar-refractivity contribution in [3.63, 3.8) is 0 Å². The van der Waals surface area contributed by atoms with E-state index in [1.54, 1.807) is 0 Å². The lowest BCUT2D eigenvalue weighted by molar-refractivity contribution is 0.410. The van der Waals surface area contributed by atoms with Gasteiger partial charge in [0.05, 0.1) is 5.52 Å². The van der Waals surface area contributed by atoms with Crippen LogP contribution in [0, 0.1) is 0 Å². The quantitative estimate of drug-likeness (QED) is 0.609. The van der Waals surface area contributed by atoms with Crippen LogP contribution in [-0.2, 0) is 12.8 Å². The number of hydrogen-bond donors (Lipinski definition) is 0. The summed E-state index contributed by atoms with van der Waals surface area (Å²) >= 11 is 2.04. The molecule has 21 heavy (non-hydrogen) atoms. The molecule has 0 atom stereocenters. The Labute approximate surface area is 131 Å². The Balaban J connectivity index is 1.90. The molecule has 0 fully saturated rings. The SMILES string of the molecule is CN(C)CCCSc1c2c(nc3ccccc13)CCCC2.